The van der Waals surface area contributed by atoms with E-state index in [-0.39, 0.29) is 44.4 Å². The molecule has 0 spiro atoms. The molecular weight excluding hydrogens is 560 g/mol. The Labute approximate surface area is 233 Å². The predicted molar refractivity (Wildman–Crippen MR) is 139 cm³/mol. The molecule has 0 bridgehead atoms. The topological polar surface area (TPSA) is 101 Å². The van der Waals surface area contributed by atoms with Gasteiger partial charge in [0.1, 0.15) is 6.04 Å². The molecule has 191 valence electrons. The van der Waals surface area contributed by atoms with Crippen LogP contribution in [0, 0.1) is 6.07 Å². The Balaban J connectivity index is 0.00000380. The van der Waals surface area contributed by atoms with Crippen LogP contribution in [0.5, 0.6) is 0 Å². The first kappa shape index (κ1) is 28.1. The van der Waals surface area contributed by atoms with Gasteiger partial charge in [-0.1, -0.05) is 71.7 Å². The van der Waals surface area contributed by atoms with E-state index in [1.54, 1.807) is 30.3 Å². The van der Waals surface area contributed by atoms with E-state index < -0.39 is 17.9 Å². The molecule has 0 saturated carbocycles. The fourth-order valence-electron chi connectivity index (χ4n) is 3.67. The summed E-state index contributed by atoms with van der Waals surface area (Å²) >= 11 is 12.1. The number of carboxylic acid groups (broad SMARTS) is 1. The molecule has 0 aliphatic carbocycles. The van der Waals surface area contributed by atoms with E-state index in [2.05, 4.69) is 16.5 Å². The number of aliphatic carboxylic acids is 1. The molecule has 4 aromatic rings. The number of benzene rings is 3. The third-order valence-electron chi connectivity index (χ3n) is 5.51. The molecule has 0 aliphatic rings. The van der Waals surface area contributed by atoms with Crippen LogP contribution < -0.4 is 10.9 Å². The van der Waals surface area contributed by atoms with Crippen molar-refractivity contribution in [2.75, 3.05) is 0 Å². The van der Waals surface area contributed by atoms with Gasteiger partial charge in [-0.05, 0) is 29.5 Å². The van der Waals surface area contributed by atoms with Gasteiger partial charge in [-0.15, -0.1) is 29.3 Å². The summed E-state index contributed by atoms with van der Waals surface area (Å²) in [5.74, 6) is -1.89. The first-order valence-electron chi connectivity index (χ1n) is 10.9. The zero-order chi connectivity index (χ0) is 25.7. The SMILES string of the molecule is O=C(N[C@@H](Cc1ccc(-c2[c-]cnn(Cc3ccccc3)c2=O)cc1)C(=O)O)c1c(Cl)cccc1Cl.[CoH+]. The van der Waals surface area contributed by atoms with Crippen LogP contribution in [0.1, 0.15) is 21.5 Å². The number of amides is 1. The maximum atomic E-state index is 13.0. The molecule has 0 radical (unpaired) electrons. The van der Waals surface area contributed by atoms with Crippen molar-refractivity contribution in [1.82, 2.24) is 15.1 Å². The summed E-state index contributed by atoms with van der Waals surface area (Å²) in [5, 5.41) is 16.5. The Kier molecular flexibility index (Phi) is 9.65. The number of carbonyl (C=O) groups excluding carboxylic acids is 1. The van der Waals surface area contributed by atoms with E-state index in [4.69, 9.17) is 23.2 Å². The summed E-state index contributed by atoms with van der Waals surface area (Å²) in [7, 11) is 0. The van der Waals surface area contributed by atoms with Crippen LogP contribution in [0.15, 0.2) is 83.8 Å². The second-order valence-corrected chi connectivity index (χ2v) is 8.79. The van der Waals surface area contributed by atoms with Crippen molar-refractivity contribution in [2.45, 2.75) is 19.0 Å². The first-order chi connectivity index (χ1) is 17.3. The van der Waals surface area contributed by atoms with Crippen molar-refractivity contribution < 1.29 is 31.5 Å². The monoisotopic (exact) mass is 580 g/mol. The number of carboxylic acids is 1. The van der Waals surface area contributed by atoms with Crippen molar-refractivity contribution in [3.05, 3.63) is 122 Å². The van der Waals surface area contributed by atoms with Gasteiger partial charge in [-0.3, -0.25) is 9.48 Å². The Morgan fingerprint density at radius 2 is 1.59 bits per heavy atom. The van der Waals surface area contributed by atoms with Crippen LogP contribution in [0.4, 0.5) is 0 Å². The van der Waals surface area contributed by atoms with Gasteiger partial charge >= 0.3 is 22.7 Å². The Morgan fingerprint density at radius 3 is 2.22 bits per heavy atom. The molecule has 0 fully saturated rings. The molecule has 2 N–H and O–H groups in total. The summed E-state index contributed by atoms with van der Waals surface area (Å²) in [5.41, 5.74) is 2.29. The average molecular weight is 581 g/mol. The maximum absolute atomic E-state index is 13.0. The molecule has 7 nitrogen and oxygen atoms in total. The van der Waals surface area contributed by atoms with Crippen LogP contribution in [-0.4, -0.2) is 32.8 Å². The number of carbonyl (C=O) groups is 2. The van der Waals surface area contributed by atoms with Crippen LogP contribution >= 0.6 is 23.2 Å². The van der Waals surface area contributed by atoms with E-state index >= 15 is 0 Å². The van der Waals surface area contributed by atoms with Gasteiger partial charge in [0.25, 0.3) is 5.91 Å². The van der Waals surface area contributed by atoms with Crippen molar-refractivity contribution in [3.63, 3.8) is 0 Å². The minimum absolute atomic E-state index is 0. The Morgan fingerprint density at radius 1 is 0.946 bits per heavy atom. The first-order valence-corrected chi connectivity index (χ1v) is 11.7. The van der Waals surface area contributed by atoms with Gasteiger partial charge in [0.15, 0.2) is 5.56 Å². The number of rotatable bonds is 8. The molecule has 0 saturated heterocycles. The molecule has 1 heterocycles. The number of aromatic nitrogens is 2. The molecule has 3 aromatic carbocycles. The normalized spacial score (nSPS) is 11.3. The molecule has 4 rings (SSSR count). The number of nitrogens with one attached hydrogen (secondary N) is 1. The summed E-state index contributed by atoms with van der Waals surface area (Å²) in [6.45, 7) is 0.328. The molecule has 1 aromatic heterocycles. The predicted octanol–water partition coefficient (Wildman–Crippen LogP) is 4.22. The number of hydrogen-bond donors (Lipinski definition) is 2. The van der Waals surface area contributed by atoms with Crippen molar-refractivity contribution in [1.29, 1.82) is 0 Å². The fourth-order valence-corrected chi connectivity index (χ4v) is 4.24. The van der Waals surface area contributed by atoms with Crippen LogP contribution in [0.25, 0.3) is 11.1 Å². The van der Waals surface area contributed by atoms with E-state index in [9.17, 15) is 19.5 Å². The molecule has 0 aliphatic heterocycles. The molecular formula is C27H21Cl2CoN3O4. The van der Waals surface area contributed by atoms with E-state index in [1.807, 2.05) is 30.3 Å². The van der Waals surface area contributed by atoms with Crippen LogP contribution in [-0.2, 0) is 34.5 Å². The third-order valence-corrected chi connectivity index (χ3v) is 6.14. The van der Waals surface area contributed by atoms with E-state index in [0.29, 0.717) is 23.2 Å². The zero-order valence-corrected chi connectivity index (χ0v) is 21.8. The number of hydrogen-bond acceptors (Lipinski definition) is 4. The van der Waals surface area contributed by atoms with Gasteiger partial charge in [0, 0.05) is 6.42 Å². The van der Waals surface area contributed by atoms with Crippen LogP contribution in [0.3, 0.4) is 0 Å². The van der Waals surface area contributed by atoms with E-state index in [0.717, 1.165) is 5.56 Å². The van der Waals surface area contributed by atoms with Gasteiger partial charge in [0.2, 0.25) is 0 Å². The molecule has 1 amide bonds. The minimum atomic E-state index is -1.22. The van der Waals surface area contributed by atoms with Gasteiger partial charge in [0.05, 0.1) is 22.2 Å². The Bertz CT molecular complexity index is 1440. The van der Waals surface area contributed by atoms with Crippen LogP contribution in [0.2, 0.25) is 10.0 Å². The summed E-state index contributed by atoms with van der Waals surface area (Å²) in [6.07, 6.45) is 1.46. The second kappa shape index (κ2) is 12.7. The van der Waals surface area contributed by atoms with Gasteiger partial charge in [-0.25, -0.2) is 9.89 Å². The average Bonchev–Trinajstić information content (AvgIpc) is 2.86. The fraction of sp³-hybridized carbons (Fsp3) is 0.111. The van der Waals surface area contributed by atoms with Gasteiger partial charge in [-0.2, -0.15) is 0 Å². The van der Waals surface area contributed by atoms with Crippen molar-refractivity contribution >= 4 is 35.1 Å². The second-order valence-electron chi connectivity index (χ2n) is 7.97. The summed E-state index contributed by atoms with van der Waals surface area (Å²) in [6, 6.07) is 22.6. The number of nitrogens with zero attached hydrogens (tertiary/aromatic N) is 2. The molecule has 0 unspecified atom stereocenters. The quantitative estimate of drug-likeness (QED) is 0.304. The summed E-state index contributed by atoms with van der Waals surface area (Å²) in [4.78, 5) is 37.4. The number of halogens is 2. The zero-order valence-electron chi connectivity index (χ0n) is 19.2. The van der Waals surface area contributed by atoms with Crippen molar-refractivity contribution in [3.8, 4) is 11.1 Å². The molecule has 1 atom stereocenters. The molecule has 10 heteroatoms. The van der Waals surface area contributed by atoms with Gasteiger partial charge < -0.3 is 15.2 Å². The summed E-state index contributed by atoms with van der Waals surface area (Å²) < 4.78 is 1.37. The third kappa shape index (κ3) is 6.87. The molecule has 37 heavy (non-hydrogen) atoms. The van der Waals surface area contributed by atoms with Crippen molar-refractivity contribution in [2.24, 2.45) is 0 Å². The Hall–Kier alpha value is -3.43. The van der Waals surface area contributed by atoms with E-state index in [1.165, 1.54) is 23.0 Å². The standard InChI is InChI=1S/C27H20Cl2N3O4.Co.H/c28-21-7-4-8-22(29)24(21)25(33)31-23(27(35)36)15-17-9-11-19(12-10-17)20-13-14-30-32(26(20)34)16-18-5-2-1-3-6-18;;/h1-12,14,23H,15-16H2,(H,31,33)(H,35,36);;/q-1;+1;/t23-;;/m0../s1.